The molecule has 0 bridgehead atoms. The van der Waals surface area contributed by atoms with Crippen LogP contribution in [0, 0.1) is 20.8 Å². The van der Waals surface area contributed by atoms with Gasteiger partial charge in [0.25, 0.3) is 15.9 Å². The van der Waals surface area contributed by atoms with E-state index in [4.69, 9.17) is 0 Å². The van der Waals surface area contributed by atoms with E-state index in [1.54, 1.807) is 48.5 Å². The van der Waals surface area contributed by atoms with Gasteiger partial charge in [-0.2, -0.15) is 0 Å². The minimum atomic E-state index is -4.07. The van der Waals surface area contributed by atoms with Crippen LogP contribution in [-0.4, -0.2) is 26.8 Å². The Balaban J connectivity index is 1.60. The largest absolute Gasteiger partial charge is 0.345 e. The van der Waals surface area contributed by atoms with E-state index in [-0.39, 0.29) is 22.4 Å². The highest BCUT2D eigenvalue weighted by Crippen LogP contribution is 2.27. The summed E-state index contributed by atoms with van der Waals surface area (Å²) in [6, 6.07) is 27.9. The van der Waals surface area contributed by atoms with E-state index >= 15 is 0 Å². The Kier molecular flexibility index (Phi) is 8.70. The number of amides is 2. The second-order valence-corrected chi connectivity index (χ2v) is 11.7. The first-order chi connectivity index (χ1) is 19.0. The molecule has 0 fully saturated rings. The molecule has 2 N–H and O–H groups in total. The second kappa shape index (κ2) is 12.2. The van der Waals surface area contributed by atoms with Crippen LogP contribution in [0.1, 0.15) is 45.6 Å². The van der Waals surface area contributed by atoms with E-state index in [1.165, 1.54) is 12.1 Å². The highest BCUT2D eigenvalue weighted by atomic mass is 32.2. The summed E-state index contributed by atoms with van der Waals surface area (Å²) >= 11 is 0. The van der Waals surface area contributed by atoms with Gasteiger partial charge in [0.15, 0.2) is 0 Å². The average molecular weight is 556 g/mol. The van der Waals surface area contributed by atoms with Crippen molar-refractivity contribution in [3.8, 4) is 0 Å². The maximum Gasteiger partial charge on any atom is 0.264 e. The van der Waals surface area contributed by atoms with Crippen LogP contribution in [-0.2, 0) is 14.8 Å². The van der Waals surface area contributed by atoms with Crippen LogP contribution in [0.3, 0.4) is 0 Å². The van der Waals surface area contributed by atoms with Crippen molar-refractivity contribution in [1.29, 1.82) is 0 Å². The number of para-hydroxylation sites is 1. The molecule has 0 aliphatic carbocycles. The number of anilines is 2. The third-order valence-electron chi connectivity index (χ3n) is 6.48. The molecular formula is C32H33N3O4S. The highest BCUT2D eigenvalue weighted by molar-refractivity contribution is 7.92. The van der Waals surface area contributed by atoms with E-state index in [0.717, 1.165) is 26.6 Å². The van der Waals surface area contributed by atoms with Gasteiger partial charge in [-0.15, -0.1) is 0 Å². The molecular weight excluding hydrogens is 522 g/mol. The van der Waals surface area contributed by atoms with Gasteiger partial charge in [0.05, 0.1) is 27.9 Å². The number of aryl methyl sites for hydroxylation is 3. The molecule has 0 heterocycles. The molecule has 4 aromatic carbocycles. The van der Waals surface area contributed by atoms with E-state index in [1.807, 2.05) is 64.1 Å². The first-order valence-electron chi connectivity index (χ1n) is 13.0. The predicted octanol–water partition coefficient (Wildman–Crippen LogP) is 5.94. The van der Waals surface area contributed by atoms with Gasteiger partial charge < -0.3 is 10.6 Å². The first kappa shape index (κ1) is 28.6. The average Bonchev–Trinajstić information content (AvgIpc) is 2.92. The van der Waals surface area contributed by atoms with Crippen LogP contribution in [0.15, 0.2) is 102 Å². The molecule has 0 spiro atoms. The lowest BCUT2D eigenvalue weighted by Crippen LogP contribution is -2.38. The number of nitrogens with one attached hydrogen (secondary N) is 2. The molecule has 4 aromatic rings. The summed E-state index contributed by atoms with van der Waals surface area (Å²) in [4.78, 5) is 26.6. The summed E-state index contributed by atoms with van der Waals surface area (Å²) in [5.74, 6) is -0.933. The maximum atomic E-state index is 13.8. The summed E-state index contributed by atoms with van der Waals surface area (Å²) in [5.41, 5.74) is 4.56. The van der Waals surface area contributed by atoms with Crippen LogP contribution >= 0.6 is 0 Å². The second-order valence-electron chi connectivity index (χ2n) is 9.87. The molecule has 7 nitrogen and oxygen atoms in total. The summed E-state index contributed by atoms with van der Waals surface area (Å²) in [5, 5.41) is 5.72. The fourth-order valence-corrected chi connectivity index (χ4v) is 5.86. The van der Waals surface area contributed by atoms with Crippen LogP contribution in [0.2, 0.25) is 0 Å². The highest BCUT2D eigenvalue weighted by Gasteiger charge is 2.28. The van der Waals surface area contributed by atoms with Crippen molar-refractivity contribution in [3.05, 3.63) is 125 Å². The van der Waals surface area contributed by atoms with Gasteiger partial charge in [0, 0.05) is 0 Å². The van der Waals surface area contributed by atoms with Crippen molar-refractivity contribution in [2.75, 3.05) is 16.2 Å². The summed E-state index contributed by atoms with van der Waals surface area (Å²) < 4.78 is 28.6. The summed E-state index contributed by atoms with van der Waals surface area (Å²) in [6.07, 6.45) is 0. The number of sulfonamides is 1. The van der Waals surface area contributed by atoms with E-state index in [9.17, 15) is 18.0 Å². The fraction of sp³-hybridized carbons (Fsp3) is 0.188. The van der Waals surface area contributed by atoms with Crippen molar-refractivity contribution < 1.29 is 18.0 Å². The van der Waals surface area contributed by atoms with E-state index < -0.39 is 22.5 Å². The third-order valence-corrected chi connectivity index (χ3v) is 8.27. The number of benzene rings is 4. The first-order valence-corrected chi connectivity index (χ1v) is 14.4. The molecule has 206 valence electrons. The molecule has 0 saturated heterocycles. The Labute approximate surface area is 235 Å². The molecule has 0 unspecified atom stereocenters. The topological polar surface area (TPSA) is 95.6 Å². The Morgan fingerprint density at radius 1 is 0.775 bits per heavy atom. The van der Waals surface area contributed by atoms with Crippen molar-refractivity contribution in [1.82, 2.24) is 5.32 Å². The van der Waals surface area contributed by atoms with Crippen LogP contribution in [0.5, 0.6) is 0 Å². The fourth-order valence-electron chi connectivity index (χ4n) is 4.46. The normalized spacial score (nSPS) is 11.9. The summed E-state index contributed by atoms with van der Waals surface area (Å²) in [6.45, 7) is 7.03. The lowest BCUT2D eigenvalue weighted by atomic mass is 10.1. The number of rotatable bonds is 9. The lowest BCUT2D eigenvalue weighted by molar-refractivity contribution is -0.114. The monoisotopic (exact) mass is 555 g/mol. The van der Waals surface area contributed by atoms with Gasteiger partial charge in [-0.3, -0.25) is 13.9 Å². The molecule has 0 aliphatic rings. The van der Waals surface area contributed by atoms with Crippen LogP contribution < -0.4 is 14.9 Å². The van der Waals surface area contributed by atoms with Gasteiger partial charge in [0.2, 0.25) is 5.91 Å². The van der Waals surface area contributed by atoms with Crippen molar-refractivity contribution in [3.63, 3.8) is 0 Å². The zero-order valence-electron chi connectivity index (χ0n) is 23.0. The standard InChI is InChI=1S/C32H33N3O4S/c1-22-14-16-28(17-15-22)40(38,39)35(27-19-23(2)18-24(3)20-27)21-31(36)34-30-13-9-8-12-29(30)32(37)33-25(4)26-10-6-5-7-11-26/h5-20,25H,21H2,1-4H3,(H,33,37)(H,34,36)/t25-/m0/s1. The molecule has 0 radical (unpaired) electrons. The Bertz CT molecular complexity index is 1600. The number of carbonyl (C=O) groups is 2. The Morgan fingerprint density at radius 2 is 1.38 bits per heavy atom. The maximum absolute atomic E-state index is 13.8. The van der Waals surface area contributed by atoms with Gasteiger partial charge in [-0.05, 0) is 80.8 Å². The number of nitrogens with zero attached hydrogens (tertiary/aromatic N) is 1. The van der Waals surface area contributed by atoms with Gasteiger partial charge in [-0.25, -0.2) is 8.42 Å². The molecule has 40 heavy (non-hydrogen) atoms. The molecule has 4 rings (SSSR count). The molecule has 0 saturated carbocycles. The van der Waals surface area contributed by atoms with E-state index in [0.29, 0.717) is 11.4 Å². The minimum absolute atomic E-state index is 0.0831. The van der Waals surface area contributed by atoms with Crippen molar-refractivity contribution in [2.45, 2.75) is 38.6 Å². The Morgan fingerprint density at radius 3 is 2.02 bits per heavy atom. The third kappa shape index (κ3) is 6.76. The Hall–Kier alpha value is -4.43. The molecule has 2 amide bonds. The quantitative estimate of drug-likeness (QED) is 0.267. The lowest BCUT2D eigenvalue weighted by Gasteiger charge is -2.25. The smallest absolute Gasteiger partial charge is 0.264 e. The SMILES string of the molecule is Cc1ccc(S(=O)(=O)N(CC(=O)Nc2ccccc2C(=O)N[C@@H](C)c2ccccc2)c2cc(C)cc(C)c2)cc1. The van der Waals surface area contributed by atoms with Crippen LogP contribution in [0.25, 0.3) is 0 Å². The van der Waals surface area contributed by atoms with Crippen LogP contribution in [0.4, 0.5) is 11.4 Å². The zero-order chi connectivity index (χ0) is 28.9. The van der Waals surface area contributed by atoms with Crippen molar-refractivity contribution >= 4 is 33.2 Å². The number of carbonyl (C=O) groups excluding carboxylic acids is 2. The van der Waals surface area contributed by atoms with E-state index in [2.05, 4.69) is 10.6 Å². The molecule has 8 heteroatoms. The summed E-state index contributed by atoms with van der Waals surface area (Å²) in [7, 11) is -4.07. The van der Waals surface area contributed by atoms with Gasteiger partial charge in [0.1, 0.15) is 6.54 Å². The zero-order valence-corrected chi connectivity index (χ0v) is 23.8. The number of hydrogen-bond donors (Lipinski definition) is 2. The molecule has 1 atom stereocenters. The van der Waals surface area contributed by atoms with Crippen molar-refractivity contribution in [2.24, 2.45) is 0 Å². The number of hydrogen-bond acceptors (Lipinski definition) is 4. The van der Waals surface area contributed by atoms with Gasteiger partial charge >= 0.3 is 0 Å². The molecule has 0 aromatic heterocycles. The minimum Gasteiger partial charge on any atom is -0.345 e. The molecule has 0 aliphatic heterocycles. The predicted molar refractivity (Wildman–Crippen MR) is 159 cm³/mol. The van der Waals surface area contributed by atoms with Gasteiger partial charge in [-0.1, -0.05) is 66.2 Å².